The molecule has 1 amide bonds. The van der Waals surface area contributed by atoms with Gasteiger partial charge >= 0.3 is 0 Å². The molecular weight excluding hydrogens is 614 g/mol. The summed E-state index contributed by atoms with van der Waals surface area (Å²) in [5.74, 6) is -0.672. The number of anilines is 1. The van der Waals surface area contributed by atoms with E-state index in [1.165, 1.54) is 36.5 Å². The van der Waals surface area contributed by atoms with Gasteiger partial charge in [-0.05, 0) is 75.4 Å². The maximum absolute atomic E-state index is 13.6. The van der Waals surface area contributed by atoms with Gasteiger partial charge in [-0.1, -0.05) is 64.1 Å². The summed E-state index contributed by atoms with van der Waals surface area (Å²) in [6.45, 7) is 5.06. The lowest BCUT2D eigenvalue weighted by molar-refractivity contribution is -0.119. The maximum atomic E-state index is 13.6. The smallest absolute Gasteiger partial charge is 0.264 e. The number of sulfonamides is 1. The molecule has 0 saturated carbocycles. The summed E-state index contributed by atoms with van der Waals surface area (Å²) in [4.78, 5) is 13.0. The van der Waals surface area contributed by atoms with Crippen molar-refractivity contribution in [3.8, 4) is 5.69 Å². The third-order valence-corrected chi connectivity index (χ3v) is 8.82. The van der Waals surface area contributed by atoms with E-state index < -0.39 is 22.5 Å². The van der Waals surface area contributed by atoms with Gasteiger partial charge in [0.15, 0.2) is 0 Å². The topological polar surface area (TPSA) is 83.8 Å². The molecule has 0 atom stereocenters. The standard InChI is InChI=1S/C28H24Cl4N4O3S/c1-17-4-7-25(8-5-17)40(38,39)35(24-12-22(30)11-23(31)13-24)16-28(37)34-33-15-20-10-18(2)36(19(20)3)27-14-21(29)6-9-26(27)32/h4-15H,16H2,1-3H3,(H,34,37)/b33-15-. The Morgan fingerprint density at radius 2 is 1.55 bits per heavy atom. The van der Waals surface area contributed by atoms with Crippen LogP contribution in [0.15, 0.2) is 76.7 Å². The van der Waals surface area contributed by atoms with Crippen LogP contribution in [0.1, 0.15) is 22.5 Å². The van der Waals surface area contributed by atoms with E-state index in [0.29, 0.717) is 15.7 Å². The molecule has 0 aliphatic heterocycles. The molecule has 0 aliphatic carbocycles. The summed E-state index contributed by atoms with van der Waals surface area (Å²) in [6, 6.07) is 17.7. The van der Waals surface area contributed by atoms with Crippen LogP contribution in [0.2, 0.25) is 20.1 Å². The monoisotopic (exact) mass is 636 g/mol. The fraction of sp³-hybridized carbons (Fsp3) is 0.143. The summed E-state index contributed by atoms with van der Waals surface area (Å²) in [6.07, 6.45) is 1.48. The van der Waals surface area contributed by atoms with E-state index in [9.17, 15) is 13.2 Å². The first-order chi connectivity index (χ1) is 18.9. The summed E-state index contributed by atoms with van der Waals surface area (Å²) in [5.41, 5.74) is 6.57. The molecule has 0 saturated heterocycles. The molecule has 12 heteroatoms. The molecule has 40 heavy (non-hydrogen) atoms. The third-order valence-electron chi connectivity index (χ3n) is 6.04. The molecule has 4 aromatic rings. The lowest BCUT2D eigenvalue weighted by Crippen LogP contribution is -2.39. The van der Waals surface area contributed by atoms with Crippen LogP contribution in [-0.4, -0.2) is 31.7 Å². The number of carbonyl (C=O) groups is 1. The Balaban J connectivity index is 1.59. The predicted octanol–water partition coefficient (Wildman–Crippen LogP) is 7.36. The molecule has 4 rings (SSSR count). The van der Waals surface area contributed by atoms with Gasteiger partial charge in [0.2, 0.25) is 0 Å². The fourth-order valence-corrected chi connectivity index (χ4v) is 6.41. The van der Waals surface area contributed by atoms with Gasteiger partial charge in [0.25, 0.3) is 15.9 Å². The van der Waals surface area contributed by atoms with Crippen molar-refractivity contribution in [3.05, 3.63) is 109 Å². The van der Waals surface area contributed by atoms with Gasteiger partial charge in [-0.25, -0.2) is 13.8 Å². The van der Waals surface area contributed by atoms with Gasteiger partial charge in [0, 0.05) is 32.0 Å². The number of aryl methyl sites for hydroxylation is 2. The maximum Gasteiger partial charge on any atom is 0.264 e. The molecule has 0 aliphatic rings. The Morgan fingerprint density at radius 3 is 2.20 bits per heavy atom. The van der Waals surface area contributed by atoms with Gasteiger partial charge in [0.05, 0.1) is 27.5 Å². The summed E-state index contributed by atoms with van der Waals surface area (Å²) in [5, 5.41) is 5.58. The van der Waals surface area contributed by atoms with E-state index >= 15 is 0 Å². The highest BCUT2D eigenvalue weighted by atomic mass is 35.5. The van der Waals surface area contributed by atoms with Crippen LogP contribution in [0, 0.1) is 20.8 Å². The van der Waals surface area contributed by atoms with Crippen molar-refractivity contribution in [1.82, 2.24) is 9.99 Å². The van der Waals surface area contributed by atoms with E-state index in [-0.39, 0.29) is 20.6 Å². The first kappa shape index (κ1) is 30.0. The van der Waals surface area contributed by atoms with E-state index in [0.717, 1.165) is 26.8 Å². The molecule has 0 bridgehead atoms. The van der Waals surface area contributed by atoms with Crippen LogP contribution in [0.5, 0.6) is 0 Å². The number of hydrogen-bond acceptors (Lipinski definition) is 4. The van der Waals surface area contributed by atoms with Crippen molar-refractivity contribution in [2.24, 2.45) is 5.10 Å². The molecule has 7 nitrogen and oxygen atoms in total. The van der Waals surface area contributed by atoms with Crippen LogP contribution in [0.4, 0.5) is 5.69 Å². The number of hydrazone groups is 1. The Morgan fingerprint density at radius 1 is 0.900 bits per heavy atom. The normalized spacial score (nSPS) is 11.7. The van der Waals surface area contributed by atoms with E-state index in [2.05, 4.69) is 10.5 Å². The van der Waals surface area contributed by atoms with Gasteiger partial charge in [-0.2, -0.15) is 5.10 Å². The van der Waals surface area contributed by atoms with E-state index in [4.69, 9.17) is 46.4 Å². The Hall–Kier alpha value is -3.01. The summed E-state index contributed by atoms with van der Waals surface area (Å²) in [7, 11) is -4.15. The molecule has 3 aromatic carbocycles. The highest BCUT2D eigenvalue weighted by Crippen LogP contribution is 2.30. The zero-order valence-corrected chi connectivity index (χ0v) is 25.5. The Labute approximate surface area is 253 Å². The van der Waals surface area contributed by atoms with Gasteiger partial charge in [0.1, 0.15) is 6.54 Å². The fourth-order valence-electron chi connectivity index (χ4n) is 4.12. The second-order valence-corrected chi connectivity index (χ2v) is 12.6. The largest absolute Gasteiger partial charge is 0.316 e. The molecule has 1 aromatic heterocycles. The van der Waals surface area contributed by atoms with Crippen LogP contribution >= 0.6 is 46.4 Å². The molecule has 1 N–H and O–H groups in total. The van der Waals surface area contributed by atoms with Crippen molar-refractivity contribution >= 4 is 74.2 Å². The zero-order chi connectivity index (χ0) is 29.2. The number of amides is 1. The zero-order valence-electron chi connectivity index (χ0n) is 21.6. The highest BCUT2D eigenvalue weighted by Gasteiger charge is 2.28. The molecule has 1 heterocycles. The second-order valence-electron chi connectivity index (χ2n) is 9.00. The number of hydrogen-bond donors (Lipinski definition) is 1. The molecule has 0 spiro atoms. The minimum absolute atomic E-state index is 0.0117. The first-order valence-corrected chi connectivity index (χ1v) is 14.8. The van der Waals surface area contributed by atoms with Gasteiger partial charge in [-0.15, -0.1) is 0 Å². The number of nitrogens with zero attached hydrogens (tertiary/aromatic N) is 3. The average Bonchev–Trinajstić information content (AvgIpc) is 3.16. The average molecular weight is 638 g/mol. The minimum atomic E-state index is -4.15. The van der Waals surface area contributed by atoms with Crippen LogP contribution in [-0.2, 0) is 14.8 Å². The van der Waals surface area contributed by atoms with Crippen LogP contribution in [0.25, 0.3) is 5.69 Å². The molecule has 0 radical (unpaired) electrons. The van der Waals surface area contributed by atoms with Crippen LogP contribution < -0.4 is 9.73 Å². The Kier molecular flexibility index (Phi) is 9.17. The number of nitrogens with one attached hydrogen (secondary N) is 1. The number of aromatic nitrogens is 1. The highest BCUT2D eigenvalue weighted by molar-refractivity contribution is 7.92. The number of benzene rings is 3. The Bertz CT molecular complexity index is 1700. The molecular formula is C28H24Cl4N4O3S. The minimum Gasteiger partial charge on any atom is -0.316 e. The summed E-state index contributed by atoms with van der Waals surface area (Å²) < 4.78 is 30.0. The number of carbonyl (C=O) groups excluding carboxylic acids is 1. The van der Waals surface area contributed by atoms with Crippen molar-refractivity contribution in [1.29, 1.82) is 0 Å². The first-order valence-electron chi connectivity index (χ1n) is 11.9. The number of rotatable bonds is 8. The second kappa shape index (κ2) is 12.2. The predicted molar refractivity (Wildman–Crippen MR) is 163 cm³/mol. The van der Waals surface area contributed by atoms with Gasteiger partial charge in [-0.3, -0.25) is 9.10 Å². The van der Waals surface area contributed by atoms with E-state index in [1.807, 2.05) is 31.4 Å². The van der Waals surface area contributed by atoms with Crippen molar-refractivity contribution in [3.63, 3.8) is 0 Å². The van der Waals surface area contributed by atoms with Gasteiger partial charge < -0.3 is 4.57 Å². The molecule has 0 fully saturated rings. The lowest BCUT2D eigenvalue weighted by Gasteiger charge is -2.24. The lowest BCUT2D eigenvalue weighted by atomic mass is 10.2. The molecule has 208 valence electrons. The quantitative estimate of drug-likeness (QED) is 0.162. The summed E-state index contributed by atoms with van der Waals surface area (Å²) >= 11 is 24.9. The SMILES string of the molecule is Cc1ccc(S(=O)(=O)N(CC(=O)N/N=C\c2cc(C)n(-c3cc(Cl)ccc3Cl)c2C)c2cc(Cl)cc(Cl)c2)cc1. The van der Waals surface area contributed by atoms with Crippen LogP contribution in [0.3, 0.4) is 0 Å². The van der Waals surface area contributed by atoms with Crippen molar-refractivity contribution in [2.45, 2.75) is 25.7 Å². The van der Waals surface area contributed by atoms with Crippen molar-refractivity contribution in [2.75, 3.05) is 10.8 Å². The molecule has 0 unspecified atom stereocenters. The third kappa shape index (κ3) is 6.65. The van der Waals surface area contributed by atoms with Crippen molar-refractivity contribution < 1.29 is 13.2 Å². The van der Waals surface area contributed by atoms with E-state index in [1.54, 1.807) is 30.3 Å². The number of halogens is 4.